The van der Waals surface area contributed by atoms with Crippen molar-refractivity contribution in [3.63, 3.8) is 0 Å². The lowest BCUT2D eigenvalue weighted by Gasteiger charge is -2.44. The van der Waals surface area contributed by atoms with Gasteiger partial charge in [0.15, 0.2) is 12.2 Å². The second kappa shape index (κ2) is 24.9. The second-order valence-corrected chi connectivity index (χ2v) is 28.1. The number of fused-ring (bicyclic) bond motifs is 8. The smallest absolute Gasteiger partial charge is 0.337 e. The van der Waals surface area contributed by atoms with Crippen LogP contribution in [0.25, 0.3) is 21.5 Å². The van der Waals surface area contributed by atoms with Crippen LogP contribution in [0.2, 0.25) is 0 Å². The number of aliphatic hydroxyl groups is 2. The predicted molar refractivity (Wildman–Crippen MR) is 345 cm³/mol. The molecule has 2 N–H and O–H groups in total. The summed E-state index contributed by atoms with van der Waals surface area (Å²) in [5.74, 6) is 4.42. The number of aliphatic hydroxyl groups excluding tert-OH is 2. The SMILES string of the molecule is COc1cc(OC)c2c(c1)O[C@@H]1C(O)=C(C(=O)O[C@@H]3C[C@H](C)CC[C@H]3C(C)(C)c3ccc4ccccc4c3)C[C@@H](C(C)C)[C@H]21.COc1cc(OC)c2c(c1)O[C@@H]1C(O)=C(C(=O)O[C@@H]3C[C@H](C)CC[C@H]3C(C)(C)c3ccc4ccccc4c3)C[C@@H](C(C)C)[C@H]21. The van der Waals surface area contributed by atoms with Crippen molar-refractivity contribution in [1.29, 1.82) is 0 Å². The average molecular weight is 1200 g/mol. The quantitative estimate of drug-likeness (QED) is 0.100. The van der Waals surface area contributed by atoms with Crippen molar-refractivity contribution in [2.45, 2.75) is 168 Å². The summed E-state index contributed by atoms with van der Waals surface area (Å²) in [7, 11) is 6.47. The fourth-order valence-corrected chi connectivity index (χ4v) is 16.2. The first-order valence-electron chi connectivity index (χ1n) is 32.2. The molecule has 12 rings (SSSR count). The van der Waals surface area contributed by atoms with Crippen LogP contribution in [0.15, 0.2) is 132 Å². The maximum atomic E-state index is 14.1. The van der Waals surface area contributed by atoms with Crippen LogP contribution in [0.1, 0.15) is 155 Å². The Morgan fingerprint density at radius 1 is 0.500 bits per heavy atom. The number of benzene rings is 6. The normalized spacial score (nSPS) is 26.6. The largest absolute Gasteiger partial charge is 0.508 e. The number of rotatable bonds is 14. The van der Waals surface area contributed by atoms with E-state index in [-0.39, 0.29) is 81.9 Å². The third-order valence-electron chi connectivity index (χ3n) is 21.5. The number of hydrogen-bond donors (Lipinski definition) is 2. The molecular formula is C76H92O12. The van der Waals surface area contributed by atoms with Gasteiger partial charge in [-0.2, -0.15) is 0 Å². The van der Waals surface area contributed by atoms with Gasteiger partial charge in [-0.05, 0) is 118 Å². The summed E-state index contributed by atoms with van der Waals surface area (Å²) >= 11 is 0. The van der Waals surface area contributed by atoms with E-state index < -0.39 is 24.1 Å². The Hall–Kier alpha value is -7.34. The monoisotopic (exact) mass is 1200 g/mol. The fraction of sp³-hybridized carbons (Fsp3) is 0.500. The van der Waals surface area contributed by atoms with Gasteiger partial charge in [0.2, 0.25) is 0 Å². The molecule has 0 saturated heterocycles. The standard InChI is InChI=1S/2C38H46O6/c2*1-21(2)27-20-28(35(39)36-33(27)34-31(42-7)18-26(41-6)19-32(34)43-36)37(40)44-30-16-22(3)12-15-29(30)38(4,5)25-14-13-23-10-8-9-11-24(23)17-25/h2*8-11,13-14,17-19,21-22,27,29-30,33,36,39H,12,15-16,20H2,1-7H3/t2*22-,27+,29-,30-,33-,36+/m11/s1. The zero-order valence-electron chi connectivity index (χ0n) is 54.1. The summed E-state index contributed by atoms with van der Waals surface area (Å²) in [6.07, 6.45) is 4.73. The molecule has 2 saturated carbocycles. The lowest BCUT2D eigenvalue weighted by atomic mass is 9.64. The molecule has 0 bridgehead atoms. The summed E-state index contributed by atoms with van der Waals surface area (Å²) in [6.45, 7) is 22.2. The van der Waals surface area contributed by atoms with Crippen molar-refractivity contribution in [2.75, 3.05) is 28.4 Å². The number of carbonyl (C=O) groups excluding carboxylic acids is 2. The van der Waals surface area contributed by atoms with E-state index >= 15 is 0 Å². The molecule has 2 fully saturated rings. The van der Waals surface area contributed by atoms with E-state index in [1.807, 2.05) is 24.3 Å². The van der Waals surface area contributed by atoms with Crippen LogP contribution >= 0.6 is 0 Å². The molecule has 12 nitrogen and oxygen atoms in total. The minimum Gasteiger partial charge on any atom is -0.508 e. The van der Waals surface area contributed by atoms with Gasteiger partial charge in [0.05, 0.1) is 39.6 Å². The highest BCUT2D eigenvalue weighted by molar-refractivity contribution is 5.91. The van der Waals surface area contributed by atoms with Crippen LogP contribution in [-0.2, 0) is 29.9 Å². The number of hydrogen-bond acceptors (Lipinski definition) is 12. The van der Waals surface area contributed by atoms with Gasteiger partial charge in [0.1, 0.15) is 58.2 Å². The molecule has 6 aliphatic rings. The molecule has 88 heavy (non-hydrogen) atoms. The first-order valence-corrected chi connectivity index (χ1v) is 32.2. The van der Waals surface area contributed by atoms with Crippen LogP contribution in [0, 0.1) is 47.3 Å². The van der Waals surface area contributed by atoms with E-state index in [0.29, 0.717) is 70.3 Å². The summed E-state index contributed by atoms with van der Waals surface area (Å²) < 4.78 is 48.1. The van der Waals surface area contributed by atoms with Crippen molar-refractivity contribution in [3.8, 4) is 34.5 Å². The number of ether oxygens (including phenoxy) is 8. The van der Waals surface area contributed by atoms with Crippen molar-refractivity contribution >= 4 is 33.5 Å². The summed E-state index contributed by atoms with van der Waals surface area (Å²) in [5, 5.41) is 28.2. The van der Waals surface area contributed by atoms with Gasteiger partial charge < -0.3 is 48.1 Å². The first-order chi connectivity index (χ1) is 42.1. The minimum absolute atomic E-state index is 0.0247. The summed E-state index contributed by atoms with van der Waals surface area (Å²) in [5.41, 5.74) is 4.60. The molecule has 6 aromatic carbocycles. The molecule has 4 aliphatic carbocycles. The molecule has 2 heterocycles. The Morgan fingerprint density at radius 3 is 1.23 bits per heavy atom. The molecule has 0 unspecified atom stereocenters. The van der Waals surface area contributed by atoms with E-state index in [1.165, 1.54) is 32.7 Å². The van der Waals surface area contributed by atoms with Gasteiger partial charge in [-0.25, -0.2) is 9.59 Å². The van der Waals surface area contributed by atoms with Gasteiger partial charge in [0, 0.05) is 59.1 Å². The Labute approximate surface area is 520 Å². The lowest BCUT2D eigenvalue weighted by molar-refractivity contribution is -0.153. The van der Waals surface area contributed by atoms with Crippen molar-refractivity contribution < 1.29 is 57.7 Å². The summed E-state index contributed by atoms with van der Waals surface area (Å²) in [6, 6.07) is 37.6. The third kappa shape index (κ3) is 11.6. The van der Waals surface area contributed by atoms with Crippen molar-refractivity contribution in [2.24, 2.45) is 47.3 Å². The highest BCUT2D eigenvalue weighted by atomic mass is 16.6. The van der Waals surface area contributed by atoms with Gasteiger partial charge in [0.25, 0.3) is 0 Å². The maximum Gasteiger partial charge on any atom is 0.337 e. The Morgan fingerprint density at radius 2 is 0.875 bits per heavy atom. The molecule has 0 radical (unpaired) electrons. The lowest BCUT2D eigenvalue weighted by Crippen LogP contribution is -2.44. The molecule has 2 aliphatic heterocycles. The van der Waals surface area contributed by atoms with Gasteiger partial charge >= 0.3 is 11.9 Å². The number of esters is 2. The van der Waals surface area contributed by atoms with E-state index in [9.17, 15) is 19.8 Å². The van der Waals surface area contributed by atoms with Crippen LogP contribution in [0.4, 0.5) is 0 Å². The van der Waals surface area contributed by atoms with Gasteiger partial charge in [-0.1, -0.05) is 167 Å². The molecular weight excluding hydrogens is 1100 g/mol. The zero-order chi connectivity index (χ0) is 62.7. The molecule has 6 aromatic rings. The summed E-state index contributed by atoms with van der Waals surface area (Å²) in [4.78, 5) is 28.2. The van der Waals surface area contributed by atoms with Gasteiger partial charge in [-0.3, -0.25) is 0 Å². The molecule has 12 heteroatoms. The zero-order valence-corrected chi connectivity index (χ0v) is 54.1. The van der Waals surface area contributed by atoms with E-state index in [1.54, 1.807) is 28.4 Å². The Bertz CT molecular complexity index is 3410. The molecule has 0 amide bonds. The minimum atomic E-state index is -0.676. The maximum absolute atomic E-state index is 14.1. The fourth-order valence-electron chi connectivity index (χ4n) is 16.2. The van der Waals surface area contributed by atoms with Crippen LogP contribution < -0.4 is 28.4 Å². The topological polar surface area (TPSA) is 148 Å². The predicted octanol–water partition coefficient (Wildman–Crippen LogP) is 17.0. The highest BCUT2D eigenvalue weighted by Crippen LogP contribution is 2.58. The first kappa shape index (κ1) is 62.3. The van der Waals surface area contributed by atoms with Gasteiger partial charge in [-0.15, -0.1) is 0 Å². The van der Waals surface area contributed by atoms with E-state index in [0.717, 1.165) is 49.7 Å². The molecule has 468 valence electrons. The third-order valence-corrected chi connectivity index (χ3v) is 21.5. The molecule has 0 spiro atoms. The molecule has 12 atom stereocenters. The van der Waals surface area contributed by atoms with Crippen LogP contribution in [0.3, 0.4) is 0 Å². The number of methoxy groups -OCH3 is 4. The average Bonchev–Trinajstić information content (AvgIpc) is 1.61. The van der Waals surface area contributed by atoms with Crippen molar-refractivity contribution in [3.05, 3.63) is 154 Å². The number of carbonyl (C=O) groups is 2. The second-order valence-electron chi connectivity index (χ2n) is 28.1. The Balaban J connectivity index is 0.000000182. The molecule has 0 aromatic heterocycles. The van der Waals surface area contributed by atoms with E-state index in [2.05, 4.69) is 154 Å². The van der Waals surface area contributed by atoms with Crippen LogP contribution in [0.5, 0.6) is 34.5 Å². The highest BCUT2D eigenvalue weighted by Gasteiger charge is 2.54. The Kier molecular flexibility index (Phi) is 17.6. The van der Waals surface area contributed by atoms with Crippen LogP contribution in [-0.4, -0.2) is 75.0 Å². The van der Waals surface area contributed by atoms with E-state index in [4.69, 9.17) is 37.9 Å². The van der Waals surface area contributed by atoms with Crippen molar-refractivity contribution in [1.82, 2.24) is 0 Å².